The number of carbonyl (C=O) groups is 2. The number of hydrogen-bond donors (Lipinski definition) is 3. The van der Waals surface area contributed by atoms with Crippen LogP contribution in [0.3, 0.4) is 0 Å². The Hall–Kier alpha value is -1.69. The lowest BCUT2D eigenvalue weighted by Gasteiger charge is -2.08. The summed E-state index contributed by atoms with van der Waals surface area (Å²) < 4.78 is 6.29. The van der Waals surface area contributed by atoms with E-state index in [9.17, 15) is 9.59 Å². The first kappa shape index (κ1) is 19.6. The Kier molecular flexibility index (Phi) is 6.14. The van der Waals surface area contributed by atoms with Crippen molar-refractivity contribution in [1.82, 2.24) is 10.2 Å². The van der Waals surface area contributed by atoms with E-state index in [0.29, 0.717) is 14.9 Å². The topological polar surface area (TPSA) is 119 Å². The SMILES string of the molecule is NC(=O)c1c(NC(=O)CSc2nnc(NC[C@H]3CCCO3)s2)sc2c1CCC2. The number of aryl methyl sites for hydroxylation is 1. The summed E-state index contributed by atoms with van der Waals surface area (Å²) in [5.74, 6) is -0.467. The minimum absolute atomic E-state index is 0.184. The van der Waals surface area contributed by atoms with Crippen LogP contribution in [-0.2, 0) is 22.4 Å². The predicted molar refractivity (Wildman–Crippen MR) is 112 cm³/mol. The Morgan fingerprint density at radius 1 is 1.25 bits per heavy atom. The molecule has 11 heteroatoms. The van der Waals surface area contributed by atoms with E-state index in [-0.39, 0.29) is 17.8 Å². The van der Waals surface area contributed by atoms with Crippen LogP contribution in [0, 0.1) is 0 Å². The summed E-state index contributed by atoms with van der Waals surface area (Å²) in [6, 6.07) is 0. The van der Waals surface area contributed by atoms with Crippen LogP contribution < -0.4 is 16.4 Å². The first-order chi connectivity index (χ1) is 13.6. The molecule has 0 spiro atoms. The molecule has 0 unspecified atom stereocenters. The Morgan fingerprint density at radius 2 is 2.14 bits per heavy atom. The number of carbonyl (C=O) groups excluding carboxylic acids is 2. The molecule has 2 aliphatic rings. The molecule has 2 aromatic rings. The molecular formula is C17H21N5O3S3. The van der Waals surface area contributed by atoms with Gasteiger partial charge < -0.3 is 21.1 Å². The Morgan fingerprint density at radius 3 is 2.93 bits per heavy atom. The number of fused-ring (bicyclic) bond motifs is 1. The number of anilines is 2. The highest BCUT2D eigenvalue weighted by atomic mass is 32.2. The minimum atomic E-state index is -0.478. The molecule has 1 saturated heterocycles. The van der Waals surface area contributed by atoms with E-state index in [1.807, 2.05) is 0 Å². The summed E-state index contributed by atoms with van der Waals surface area (Å²) >= 11 is 4.20. The van der Waals surface area contributed by atoms with E-state index in [0.717, 1.165) is 60.8 Å². The highest BCUT2D eigenvalue weighted by molar-refractivity contribution is 8.01. The highest BCUT2D eigenvalue weighted by Gasteiger charge is 2.26. The van der Waals surface area contributed by atoms with Gasteiger partial charge in [0.25, 0.3) is 5.91 Å². The molecule has 1 aliphatic carbocycles. The fourth-order valence-electron chi connectivity index (χ4n) is 3.39. The lowest BCUT2D eigenvalue weighted by Crippen LogP contribution is -2.18. The molecule has 0 radical (unpaired) electrons. The van der Waals surface area contributed by atoms with Gasteiger partial charge in [0, 0.05) is 18.0 Å². The number of aromatic nitrogens is 2. The van der Waals surface area contributed by atoms with Gasteiger partial charge >= 0.3 is 0 Å². The van der Waals surface area contributed by atoms with Crippen molar-refractivity contribution < 1.29 is 14.3 Å². The summed E-state index contributed by atoms with van der Waals surface area (Å²) in [6.07, 6.45) is 5.22. The standard InChI is InChI=1S/C17H21N5O3S3/c18-14(24)13-10-4-1-5-11(10)27-15(13)20-12(23)8-26-17-22-21-16(28-17)19-7-9-3-2-6-25-9/h9H,1-8H2,(H2,18,24)(H,19,21)(H,20,23)/t9-/m1/s1. The Balaban J connectivity index is 1.29. The molecule has 2 amide bonds. The lowest BCUT2D eigenvalue weighted by molar-refractivity contribution is -0.113. The van der Waals surface area contributed by atoms with Gasteiger partial charge in [0.15, 0.2) is 4.34 Å². The number of nitrogens with two attached hydrogens (primary N) is 1. The normalized spacial score (nSPS) is 18.2. The maximum absolute atomic E-state index is 12.3. The molecule has 1 atom stereocenters. The average molecular weight is 440 g/mol. The van der Waals surface area contributed by atoms with E-state index >= 15 is 0 Å². The quantitative estimate of drug-likeness (QED) is 0.541. The second-order valence-electron chi connectivity index (χ2n) is 6.65. The zero-order chi connectivity index (χ0) is 19.5. The molecule has 8 nitrogen and oxygen atoms in total. The number of hydrogen-bond acceptors (Lipinski definition) is 9. The molecule has 150 valence electrons. The van der Waals surface area contributed by atoms with E-state index < -0.39 is 5.91 Å². The van der Waals surface area contributed by atoms with Crippen LogP contribution in [0.4, 0.5) is 10.1 Å². The third kappa shape index (κ3) is 4.48. The van der Waals surface area contributed by atoms with Crippen LogP contribution in [0.1, 0.15) is 40.1 Å². The van der Waals surface area contributed by atoms with E-state index in [1.165, 1.54) is 34.4 Å². The lowest BCUT2D eigenvalue weighted by atomic mass is 10.1. The number of primary amides is 1. The van der Waals surface area contributed by atoms with E-state index in [2.05, 4.69) is 20.8 Å². The monoisotopic (exact) mass is 439 g/mol. The van der Waals surface area contributed by atoms with Gasteiger partial charge in [0.2, 0.25) is 11.0 Å². The maximum Gasteiger partial charge on any atom is 0.251 e. The Labute approximate surface area is 174 Å². The smallest absolute Gasteiger partial charge is 0.251 e. The molecule has 2 aromatic heterocycles. The number of ether oxygens (including phenoxy) is 1. The van der Waals surface area contributed by atoms with Crippen LogP contribution in [0.5, 0.6) is 0 Å². The third-order valence-electron chi connectivity index (χ3n) is 4.66. The fourth-order valence-corrected chi connectivity index (χ4v) is 6.26. The van der Waals surface area contributed by atoms with Gasteiger partial charge in [0.1, 0.15) is 5.00 Å². The van der Waals surface area contributed by atoms with Crippen molar-refractivity contribution in [3.63, 3.8) is 0 Å². The van der Waals surface area contributed by atoms with Gasteiger partial charge in [-0.15, -0.1) is 21.5 Å². The van der Waals surface area contributed by atoms with Crippen LogP contribution in [0.2, 0.25) is 0 Å². The molecule has 0 aromatic carbocycles. The van der Waals surface area contributed by atoms with Crippen molar-refractivity contribution in [3.8, 4) is 0 Å². The molecule has 28 heavy (non-hydrogen) atoms. The molecule has 1 fully saturated rings. The maximum atomic E-state index is 12.3. The minimum Gasteiger partial charge on any atom is -0.376 e. The first-order valence-corrected chi connectivity index (χ1v) is 11.8. The molecule has 1 aliphatic heterocycles. The molecular weight excluding hydrogens is 418 g/mol. The molecule has 0 saturated carbocycles. The van der Waals surface area contributed by atoms with Gasteiger partial charge in [-0.25, -0.2) is 0 Å². The van der Waals surface area contributed by atoms with E-state index in [4.69, 9.17) is 10.5 Å². The number of nitrogens with zero attached hydrogens (tertiary/aromatic N) is 2. The molecule has 3 heterocycles. The average Bonchev–Trinajstić information content (AvgIpc) is 3.42. The molecule has 4 N–H and O–H groups in total. The van der Waals surface area contributed by atoms with Gasteiger partial charge in [-0.2, -0.15) is 0 Å². The summed E-state index contributed by atoms with van der Waals surface area (Å²) in [5.41, 5.74) is 7.01. The zero-order valence-corrected chi connectivity index (χ0v) is 17.6. The summed E-state index contributed by atoms with van der Waals surface area (Å²) in [5, 5.41) is 15.6. The van der Waals surface area contributed by atoms with Gasteiger partial charge in [0.05, 0.1) is 17.4 Å². The summed E-state index contributed by atoms with van der Waals surface area (Å²) in [6.45, 7) is 1.54. The van der Waals surface area contributed by atoms with Crippen molar-refractivity contribution in [2.45, 2.75) is 42.5 Å². The first-order valence-electron chi connectivity index (χ1n) is 9.16. The predicted octanol–water partition coefficient (Wildman–Crippen LogP) is 2.51. The molecule has 4 rings (SSSR count). The largest absolute Gasteiger partial charge is 0.376 e. The van der Waals surface area contributed by atoms with Crippen LogP contribution in [0.15, 0.2) is 4.34 Å². The molecule has 0 bridgehead atoms. The number of amides is 2. The van der Waals surface area contributed by atoms with Crippen molar-refractivity contribution in [1.29, 1.82) is 0 Å². The summed E-state index contributed by atoms with van der Waals surface area (Å²) in [7, 11) is 0. The fraction of sp³-hybridized carbons (Fsp3) is 0.529. The van der Waals surface area contributed by atoms with Gasteiger partial charge in [-0.05, 0) is 37.7 Å². The van der Waals surface area contributed by atoms with Crippen LogP contribution in [-0.4, -0.2) is 47.0 Å². The van der Waals surface area contributed by atoms with Gasteiger partial charge in [-0.3, -0.25) is 9.59 Å². The number of rotatable bonds is 8. The number of thioether (sulfide) groups is 1. The van der Waals surface area contributed by atoms with Crippen LogP contribution in [0.25, 0.3) is 0 Å². The second-order valence-corrected chi connectivity index (χ2v) is 9.96. The van der Waals surface area contributed by atoms with Crippen molar-refractivity contribution in [3.05, 3.63) is 16.0 Å². The number of nitrogens with one attached hydrogen (secondary N) is 2. The van der Waals surface area contributed by atoms with Crippen molar-refractivity contribution >= 4 is 56.4 Å². The zero-order valence-electron chi connectivity index (χ0n) is 15.2. The van der Waals surface area contributed by atoms with E-state index in [1.54, 1.807) is 0 Å². The van der Waals surface area contributed by atoms with Crippen molar-refractivity contribution in [2.75, 3.05) is 29.5 Å². The van der Waals surface area contributed by atoms with Crippen molar-refractivity contribution in [2.24, 2.45) is 5.73 Å². The Bertz CT molecular complexity index is 876. The number of thiophene rings is 1. The van der Waals surface area contributed by atoms with Gasteiger partial charge in [-0.1, -0.05) is 23.1 Å². The highest BCUT2D eigenvalue weighted by Crippen LogP contribution is 2.39. The summed E-state index contributed by atoms with van der Waals surface area (Å²) in [4.78, 5) is 25.3. The van der Waals surface area contributed by atoms with Crippen LogP contribution >= 0.6 is 34.4 Å². The second kappa shape index (κ2) is 8.76. The third-order valence-corrected chi connectivity index (χ3v) is 7.88.